The lowest BCUT2D eigenvalue weighted by atomic mass is 9.47. The molecule has 0 radical (unpaired) electrons. The van der Waals surface area contributed by atoms with E-state index in [1.54, 1.807) is 0 Å². The Morgan fingerprint density at radius 3 is 2.50 bits per heavy atom. The smallest absolute Gasteiger partial charge is 0.407 e. The number of aliphatic hydroxyl groups is 2. The lowest BCUT2D eigenvalue weighted by Gasteiger charge is -2.58. The maximum absolute atomic E-state index is 12.3. The van der Waals surface area contributed by atoms with Crippen LogP contribution in [-0.2, 0) is 4.74 Å². The average molecular weight is 504 g/mol. The van der Waals surface area contributed by atoms with Gasteiger partial charge in [0.1, 0.15) is 6.10 Å². The topological polar surface area (TPSA) is 78.8 Å². The van der Waals surface area contributed by atoms with E-state index in [0.717, 1.165) is 54.8 Å². The van der Waals surface area contributed by atoms with E-state index in [-0.39, 0.29) is 24.7 Å². The van der Waals surface area contributed by atoms with Crippen molar-refractivity contribution in [2.24, 2.45) is 46.3 Å². The van der Waals surface area contributed by atoms with Crippen LogP contribution < -0.4 is 5.32 Å². The van der Waals surface area contributed by atoms with Gasteiger partial charge >= 0.3 is 6.09 Å². The minimum atomic E-state index is -0.661. The molecule has 0 saturated heterocycles. The van der Waals surface area contributed by atoms with Gasteiger partial charge in [-0.25, -0.2) is 4.79 Å². The molecule has 8 atom stereocenters. The quantitative estimate of drug-likeness (QED) is 0.315. The predicted molar refractivity (Wildman–Crippen MR) is 144 cm³/mol. The Bertz CT molecular complexity index is 791. The molecule has 0 aromatic heterocycles. The van der Waals surface area contributed by atoms with E-state index >= 15 is 0 Å². The van der Waals surface area contributed by atoms with Crippen LogP contribution in [-0.4, -0.2) is 41.7 Å². The minimum Gasteiger partial charge on any atom is -0.446 e. The van der Waals surface area contributed by atoms with Crippen LogP contribution in [0.15, 0.2) is 11.6 Å². The maximum atomic E-state index is 12.3. The number of amides is 1. The van der Waals surface area contributed by atoms with Crippen molar-refractivity contribution in [2.45, 2.75) is 117 Å². The van der Waals surface area contributed by atoms with Crippen molar-refractivity contribution in [2.75, 3.05) is 13.2 Å². The molecule has 0 unspecified atom stereocenters. The van der Waals surface area contributed by atoms with Crippen LogP contribution in [0.4, 0.5) is 4.79 Å². The fraction of sp³-hybridized carbons (Fsp3) is 0.903. The first-order valence-electron chi connectivity index (χ1n) is 15.0. The molecule has 1 amide bonds. The van der Waals surface area contributed by atoms with Crippen molar-refractivity contribution in [3.63, 3.8) is 0 Å². The van der Waals surface area contributed by atoms with Crippen LogP contribution in [0.1, 0.15) is 105 Å². The van der Waals surface area contributed by atoms with E-state index in [9.17, 15) is 15.0 Å². The van der Waals surface area contributed by atoms with Crippen LogP contribution in [0, 0.1) is 46.3 Å². The molecule has 0 spiro atoms. The van der Waals surface area contributed by atoms with Gasteiger partial charge in [0.25, 0.3) is 0 Å². The molecule has 4 aliphatic rings. The minimum absolute atomic E-state index is 0.115. The number of carbonyl (C=O) groups excluding carboxylic acids is 1. The second-order valence-corrected chi connectivity index (χ2v) is 13.8. The molecule has 4 aliphatic carbocycles. The van der Waals surface area contributed by atoms with E-state index in [4.69, 9.17) is 4.74 Å². The monoisotopic (exact) mass is 503 g/mol. The largest absolute Gasteiger partial charge is 0.446 e. The number of nitrogens with one attached hydrogen (secondary N) is 1. The van der Waals surface area contributed by atoms with Gasteiger partial charge in [0.05, 0.1) is 19.3 Å². The highest BCUT2D eigenvalue weighted by atomic mass is 16.6. The number of hydrogen-bond acceptors (Lipinski definition) is 4. The molecule has 0 aliphatic heterocycles. The molecule has 0 aromatic rings. The SMILES string of the molecule is CC(C)CCC[C@@H](C)[C@H]1CC[C@H]2[C@@H]3CC=C4C[C@@H](OC(=O)NC(CO)CO)CC[C@]4(C)[C@H]3CC[C@]12C. The highest BCUT2D eigenvalue weighted by Crippen LogP contribution is 2.67. The van der Waals surface area contributed by atoms with E-state index < -0.39 is 12.1 Å². The van der Waals surface area contributed by atoms with Crippen molar-refractivity contribution in [1.29, 1.82) is 0 Å². The van der Waals surface area contributed by atoms with Crippen LogP contribution in [0.5, 0.6) is 0 Å². The second kappa shape index (κ2) is 11.4. The van der Waals surface area contributed by atoms with Gasteiger partial charge in [0.15, 0.2) is 0 Å². The van der Waals surface area contributed by atoms with E-state index in [0.29, 0.717) is 5.41 Å². The Hall–Kier alpha value is -1.07. The van der Waals surface area contributed by atoms with Gasteiger partial charge in [-0.2, -0.15) is 0 Å². The predicted octanol–water partition coefficient (Wildman–Crippen LogP) is 6.48. The third-order valence-corrected chi connectivity index (χ3v) is 11.3. The number of fused-ring (bicyclic) bond motifs is 5. The van der Waals surface area contributed by atoms with E-state index in [2.05, 4.69) is 46.0 Å². The molecule has 0 bridgehead atoms. The Balaban J connectivity index is 1.40. The van der Waals surface area contributed by atoms with Gasteiger partial charge in [0.2, 0.25) is 0 Å². The van der Waals surface area contributed by atoms with Crippen LogP contribution >= 0.6 is 0 Å². The summed E-state index contributed by atoms with van der Waals surface area (Å²) < 4.78 is 5.72. The van der Waals surface area contributed by atoms with Gasteiger partial charge in [-0.1, -0.05) is 65.5 Å². The van der Waals surface area contributed by atoms with Gasteiger partial charge in [-0.15, -0.1) is 0 Å². The summed E-state index contributed by atoms with van der Waals surface area (Å²) in [5, 5.41) is 21.0. The lowest BCUT2D eigenvalue weighted by Crippen LogP contribution is -2.51. The molecule has 3 saturated carbocycles. The first-order valence-corrected chi connectivity index (χ1v) is 15.0. The van der Waals surface area contributed by atoms with Gasteiger partial charge in [-0.05, 0) is 91.3 Å². The van der Waals surface area contributed by atoms with Crippen molar-refractivity contribution >= 4 is 6.09 Å². The second-order valence-electron chi connectivity index (χ2n) is 13.8. The molecule has 206 valence electrons. The summed E-state index contributed by atoms with van der Waals surface area (Å²) in [4.78, 5) is 12.3. The Morgan fingerprint density at radius 1 is 1.06 bits per heavy atom. The van der Waals surface area contributed by atoms with Crippen molar-refractivity contribution in [1.82, 2.24) is 5.32 Å². The van der Waals surface area contributed by atoms with Gasteiger partial charge < -0.3 is 20.3 Å². The number of ether oxygens (including phenoxy) is 1. The molecular weight excluding hydrogens is 450 g/mol. The van der Waals surface area contributed by atoms with Crippen molar-refractivity contribution < 1.29 is 19.7 Å². The summed E-state index contributed by atoms with van der Waals surface area (Å²) in [6.45, 7) is 11.8. The summed E-state index contributed by atoms with van der Waals surface area (Å²) in [6, 6.07) is -0.661. The molecule has 3 N–H and O–H groups in total. The molecule has 36 heavy (non-hydrogen) atoms. The highest BCUT2D eigenvalue weighted by molar-refractivity contribution is 5.67. The Labute approximate surface area is 219 Å². The van der Waals surface area contributed by atoms with E-state index in [1.807, 2.05) is 0 Å². The van der Waals surface area contributed by atoms with Crippen molar-refractivity contribution in [3.8, 4) is 0 Å². The van der Waals surface area contributed by atoms with Crippen LogP contribution in [0.3, 0.4) is 0 Å². The van der Waals surface area contributed by atoms with Gasteiger partial charge in [-0.3, -0.25) is 0 Å². The highest BCUT2D eigenvalue weighted by Gasteiger charge is 2.59. The molecule has 0 heterocycles. The zero-order valence-corrected chi connectivity index (χ0v) is 23.6. The molecule has 3 fully saturated rings. The van der Waals surface area contributed by atoms with Crippen molar-refractivity contribution in [3.05, 3.63) is 11.6 Å². The first-order chi connectivity index (χ1) is 17.1. The molecule has 5 heteroatoms. The summed E-state index contributed by atoms with van der Waals surface area (Å²) in [5.41, 5.74) is 2.25. The van der Waals surface area contributed by atoms with Gasteiger partial charge in [0, 0.05) is 6.42 Å². The number of alkyl carbamates (subject to hydrolysis) is 1. The summed E-state index contributed by atoms with van der Waals surface area (Å²) in [7, 11) is 0. The number of rotatable bonds is 9. The standard InChI is InChI=1S/C31H53NO4/c1-20(2)7-6-8-21(3)26-11-12-27-25-10-9-22-17-24(36-29(35)32-23(18-33)19-34)13-15-30(22,4)28(25)14-16-31(26,27)5/h9,20-21,23-28,33-34H,6-8,10-19H2,1-5H3,(H,32,35)/t21-,24+,25+,26-,27+,28+,30+,31-/m1/s1. The van der Waals surface area contributed by atoms with Crippen LogP contribution in [0.25, 0.3) is 0 Å². The molecule has 5 nitrogen and oxygen atoms in total. The fourth-order valence-corrected chi connectivity index (χ4v) is 9.25. The number of carbonyl (C=O) groups is 1. The zero-order valence-electron chi connectivity index (χ0n) is 23.6. The molecular formula is C31H53NO4. The summed E-state index contributed by atoms with van der Waals surface area (Å²) >= 11 is 0. The Morgan fingerprint density at radius 2 is 1.81 bits per heavy atom. The van der Waals surface area contributed by atoms with E-state index in [1.165, 1.54) is 56.9 Å². The Kier molecular flexibility index (Phi) is 8.81. The number of allylic oxidation sites excluding steroid dienone is 1. The number of aliphatic hydroxyl groups excluding tert-OH is 2. The maximum Gasteiger partial charge on any atom is 0.407 e. The first kappa shape index (κ1) is 28.0. The third-order valence-electron chi connectivity index (χ3n) is 11.3. The normalized spacial score (nSPS) is 38.7. The summed E-state index contributed by atoms with van der Waals surface area (Å²) in [5.74, 6) is 4.97. The summed E-state index contributed by atoms with van der Waals surface area (Å²) in [6.07, 6.45) is 15.6. The average Bonchev–Trinajstić information content (AvgIpc) is 3.19. The number of hydrogen-bond donors (Lipinski definition) is 3. The molecule has 0 aromatic carbocycles. The fourth-order valence-electron chi connectivity index (χ4n) is 9.25. The zero-order chi connectivity index (χ0) is 26.1. The van der Waals surface area contributed by atoms with Crippen LogP contribution in [0.2, 0.25) is 0 Å². The molecule has 4 rings (SSSR count). The lowest BCUT2D eigenvalue weighted by molar-refractivity contribution is -0.0583. The third kappa shape index (κ3) is 5.39.